The number of nitrogens with zero attached hydrogens (tertiary/aromatic N) is 1. The lowest BCUT2D eigenvalue weighted by Crippen LogP contribution is -2.29. The van der Waals surface area contributed by atoms with Gasteiger partial charge in [0.25, 0.3) is 17.7 Å². The summed E-state index contributed by atoms with van der Waals surface area (Å²) < 4.78 is 22.6. The summed E-state index contributed by atoms with van der Waals surface area (Å²) in [7, 11) is 1.43. The molecule has 9 nitrogen and oxygen atoms in total. The summed E-state index contributed by atoms with van der Waals surface area (Å²) in [6.07, 6.45) is 0. The molecule has 3 amide bonds. The van der Waals surface area contributed by atoms with Crippen LogP contribution in [-0.4, -0.2) is 44.7 Å². The number of carbonyl (C=O) groups excluding carboxylic acids is 3. The molecule has 0 aliphatic carbocycles. The van der Waals surface area contributed by atoms with E-state index in [-0.39, 0.29) is 11.4 Å². The molecule has 4 rings (SSSR count). The molecule has 0 bridgehead atoms. The highest BCUT2D eigenvalue weighted by molar-refractivity contribution is 6.34. The molecule has 0 atom stereocenters. The van der Waals surface area contributed by atoms with Gasteiger partial charge in [0.15, 0.2) is 11.5 Å². The Morgan fingerprint density at radius 1 is 0.784 bits per heavy atom. The van der Waals surface area contributed by atoms with E-state index in [1.807, 2.05) is 20.8 Å². The average molecular weight is 505 g/mol. The fourth-order valence-electron chi connectivity index (χ4n) is 4.07. The maximum absolute atomic E-state index is 13.2. The highest BCUT2D eigenvalue weighted by atomic mass is 16.5. The second kappa shape index (κ2) is 11.0. The van der Waals surface area contributed by atoms with Gasteiger partial charge >= 0.3 is 0 Å². The Labute approximate surface area is 214 Å². The van der Waals surface area contributed by atoms with E-state index in [4.69, 9.17) is 18.9 Å². The van der Waals surface area contributed by atoms with Crippen molar-refractivity contribution < 1.29 is 33.3 Å². The van der Waals surface area contributed by atoms with E-state index in [1.165, 1.54) is 7.11 Å². The summed E-state index contributed by atoms with van der Waals surface area (Å²) >= 11 is 0. The highest BCUT2D eigenvalue weighted by Gasteiger charge is 2.37. The first-order chi connectivity index (χ1) is 17.9. The highest BCUT2D eigenvalue weighted by Crippen LogP contribution is 2.40. The molecular weight excluding hydrogens is 476 g/mol. The van der Waals surface area contributed by atoms with Crippen LogP contribution in [0.4, 0.5) is 11.4 Å². The third-order valence-electron chi connectivity index (χ3n) is 5.64. The quantitative estimate of drug-likeness (QED) is 0.390. The Hall–Kier alpha value is -4.53. The fraction of sp³-hybridized carbons (Fsp3) is 0.250. The number of fused-ring (bicyclic) bond motifs is 1. The van der Waals surface area contributed by atoms with Gasteiger partial charge in [0.05, 0.1) is 43.7 Å². The van der Waals surface area contributed by atoms with E-state index >= 15 is 0 Å². The molecule has 0 aromatic heterocycles. The standard InChI is InChI=1S/C28H28N2O7/c1-5-35-23-14-17(15-24(36-6-2)25(23)37-7-3)26(31)29-18-12-13-21(22(16-18)34-4)30-27(32)19-10-8-9-11-20(19)28(30)33/h8-16H,5-7H2,1-4H3,(H,29,31). The minimum absolute atomic E-state index is 0.254. The monoisotopic (exact) mass is 504 g/mol. The summed E-state index contributed by atoms with van der Waals surface area (Å²) in [5.41, 5.74) is 1.66. The molecule has 1 heterocycles. The van der Waals surface area contributed by atoms with E-state index in [9.17, 15) is 14.4 Å². The molecule has 0 spiro atoms. The summed E-state index contributed by atoms with van der Waals surface area (Å²) in [4.78, 5) is 40.1. The average Bonchev–Trinajstić information content (AvgIpc) is 3.15. The summed E-state index contributed by atoms with van der Waals surface area (Å²) in [6, 6.07) is 14.5. The molecule has 0 radical (unpaired) electrons. The lowest BCUT2D eigenvalue weighted by molar-refractivity contribution is 0.0923. The molecule has 3 aromatic carbocycles. The lowest BCUT2D eigenvalue weighted by atomic mass is 10.1. The first-order valence-corrected chi connectivity index (χ1v) is 12.0. The largest absolute Gasteiger partial charge is 0.494 e. The van der Waals surface area contributed by atoms with Crippen LogP contribution in [0.25, 0.3) is 0 Å². The molecule has 9 heteroatoms. The van der Waals surface area contributed by atoms with Crippen molar-refractivity contribution in [1.29, 1.82) is 0 Å². The van der Waals surface area contributed by atoms with Crippen molar-refractivity contribution in [3.8, 4) is 23.0 Å². The van der Waals surface area contributed by atoms with Crippen LogP contribution in [0.2, 0.25) is 0 Å². The van der Waals surface area contributed by atoms with Gasteiger partial charge in [0, 0.05) is 17.3 Å². The van der Waals surface area contributed by atoms with Gasteiger partial charge in [-0.15, -0.1) is 0 Å². The van der Waals surface area contributed by atoms with Gasteiger partial charge < -0.3 is 24.3 Å². The number of rotatable bonds is 10. The minimum Gasteiger partial charge on any atom is -0.494 e. The number of amides is 3. The SMILES string of the molecule is CCOc1cc(C(=O)Nc2ccc(N3C(=O)c4ccccc4C3=O)c(OC)c2)cc(OCC)c1OCC. The van der Waals surface area contributed by atoms with Crippen LogP contribution >= 0.6 is 0 Å². The number of imide groups is 1. The molecule has 0 saturated heterocycles. The molecular formula is C28H28N2O7. The predicted molar refractivity (Wildman–Crippen MR) is 138 cm³/mol. The predicted octanol–water partition coefficient (Wildman–Crippen LogP) is 4.94. The van der Waals surface area contributed by atoms with Gasteiger partial charge in [-0.3, -0.25) is 14.4 Å². The maximum Gasteiger partial charge on any atom is 0.266 e. The van der Waals surface area contributed by atoms with Crippen molar-refractivity contribution in [3.05, 3.63) is 71.3 Å². The molecule has 3 aromatic rings. The number of methoxy groups -OCH3 is 1. The fourth-order valence-corrected chi connectivity index (χ4v) is 4.07. The molecule has 1 aliphatic heterocycles. The van der Waals surface area contributed by atoms with E-state index < -0.39 is 17.7 Å². The molecule has 0 fully saturated rings. The van der Waals surface area contributed by atoms with E-state index in [2.05, 4.69) is 5.32 Å². The Kier molecular flexibility index (Phi) is 7.62. The zero-order valence-electron chi connectivity index (χ0n) is 21.1. The first-order valence-electron chi connectivity index (χ1n) is 12.0. The smallest absolute Gasteiger partial charge is 0.266 e. The summed E-state index contributed by atoms with van der Waals surface area (Å²) in [5, 5.41) is 2.82. The van der Waals surface area contributed by atoms with Gasteiger partial charge in [-0.05, 0) is 57.2 Å². The van der Waals surface area contributed by atoms with Crippen LogP contribution in [0.5, 0.6) is 23.0 Å². The Morgan fingerprint density at radius 2 is 1.35 bits per heavy atom. The maximum atomic E-state index is 13.2. The van der Waals surface area contributed by atoms with Crippen molar-refractivity contribution in [2.24, 2.45) is 0 Å². The molecule has 0 unspecified atom stereocenters. The molecule has 1 N–H and O–H groups in total. The van der Waals surface area contributed by atoms with Crippen molar-refractivity contribution in [2.75, 3.05) is 37.1 Å². The number of benzene rings is 3. The summed E-state index contributed by atoms with van der Waals surface area (Å²) in [6.45, 7) is 6.70. The number of nitrogens with one attached hydrogen (secondary N) is 1. The normalized spacial score (nSPS) is 12.3. The molecule has 192 valence electrons. The van der Waals surface area contributed by atoms with Gasteiger partial charge in [-0.25, -0.2) is 4.90 Å². The molecule has 37 heavy (non-hydrogen) atoms. The van der Waals surface area contributed by atoms with Gasteiger partial charge in [-0.1, -0.05) is 12.1 Å². The van der Waals surface area contributed by atoms with E-state index in [0.717, 1.165) is 4.90 Å². The number of hydrogen-bond acceptors (Lipinski definition) is 7. The van der Waals surface area contributed by atoms with E-state index in [1.54, 1.807) is 54.6 Å². The van der Waals surface area contributed by atoms with Crippen molar-refractivity contribution in [2.45, 2.75) is 20.8 Å². The third kappa shape index (κ3) is 4.93. The van der Waals surface area contributed by atoms with Crippen molar-refractivity contribution in [1.82, 2.24) is 0 Å². The van der Waals surface area contributed by atoms with Crippen LogP contribution < -0.4 is 29.2 Å². The molecule has 0 saturated carbocycles. The minimum atomic E-state index is -0.433. The van der Waals surface area contributed by atoms with Crippen LogP contribution in [0.3, 0.4) is 0 Å². The van der Waals surface area contributed by atoms with Crippen LogP contribution in [0.15, 0.2) is 54.6 Å². The van der Waals surface area contributed by atoms with Gasteiger partial charge in [0.2, 0.25) is 5.75 Å². The number of anilines is 2. The number of hydrogen-bond donors (Lipinski definition) is 1. The molecule has 1 aliphatic rings. The number of carbonyl (C=O) groups is 3. The van der Waals surface area contributed by atoms with Crippen molar-refractivity contribution >= 4 is 29.1 Å². The topological polar surface area (TPSA) is 103 Å². The lowest BCUT2D eigenvalue weighted by Gasteiger charge is -2.19. The van der Waals surface area contributed by atoms with Crippen LogP contribution in [-0.2, 0) is 0 Å². The third-order valence-corrected chi connectivity index (χ3v) is 5.64. The zero-order chi connectivity index (χ0) is 26.5. The van der Waals surface area contributed by atoms with Crippen LogP contribution in [0, 0.1) is 0 Å². The van der Waals surface area contributed by atoms with E-state index in [0.29, 0.717) is 59.4 Å². The number of ether oxygens (including phenoxy) is 4. The first kappa shape index (κ1) is 25.6. The van der Waals surface area contributed by atoms with Gasteiger partial charge in [0.1, 0.15) is 5.75 Å². The van der Waals surface area contributed by atoms with Crippen molar-refractivity contribution in [3.63, 3.8) is 0 Å². The second-order valence-electron chi connectivity index (χ2n) is 7.93. The van der Waals surface area contributed by atoms with Crippen LogP contribution in [0.1, 0.15) is 51.8 Å². The van der Waals surface area contributed by atoms with Gasteiger partial charge in [-0.2, -0.15) is 0 Å². The Bertz CT molecular complexity index is 1290. The zero-order valence-corrected chi connectivity index (χ0v) is 21.1. The second-order valence-corrected chi connectivity index (χ2v) is 7.93. The summed E-state index contributed by atoms with van der Waals surface area (Å²) in [5.74, 6) is 0.214. The Balaban J connectivity index is 1.63. The Morgan fingerprint density at radius 3 is 1.86 bits per heavy atom.